The fourth-order valence-corrected chi connectivity index (χ4v) is 2.75. The number of carboxylic acids is 1. The maximum absolute atomic E-state index is 11.9. The van der Waals surface area contributed by atoms with Crippen LogP contribution in [0.25, 0.3) is 6.08 Å². The molecule has 1 atom stereocenters. The molecule has 0 aliphatic carbocycles. The second-order valence-electron chi connectivity index (χ2n) is 4.66. The van der Waals surface area contributed by atoms with Crippen molar-refractivity contribution in [2.75, 3.05) is 13.1 Å². The van der Waals surface area contributed by atoms with Crippen molar-refractivity contribution in [1.82, 2.24) is 9.88 Å². The van der Waals surface area contributed by atoms with E-state index in [0.717, 1.165) is 17.1 Å². The summed E-state index contributed by atoms with van der Waals surface area (Å²) in [5.41, 5.74) is 0.789. The second kappa shape index (κ2) is 5.97. The number of hydrogen-bond acceptors (Lipinski definition) is 4. The number of carbonyl (C=O) groups is 2. The molecule has 5 nitrogen and oxygen atoms in total. The molecule has 1 aliphatic rings. The lowest BCUT2D eigenvalue weighted by molar-refractivity contribution is -0.138. The lowest BCUT2D eigenvalue weighted by atomic mass is 10.1. The third kappa shape index (κ3) is 3.89. The normalized spacial score (nSPS) is 19.2. The van der Waals surface area contributed by atoms with Crippen molar-refractivity contribution in [3.05, 3.63) is 22.2 Å². The fourth-order valence-electron chi connectivity index (χ4n) is 2.17. The van der Waals surface area contributed by atoms with Crippen LogP contribution in [0.4, 0.5) is 0 Å². The predicted molar refractivity (Wildman–Crippen MR) is 72.8 cm³/mol. The summed E-state index contributed by atoms with van der Waals surface area (Å²) in [6.07, 6.45) is 4.12. The zero-order chi connectivity index (χ0) is 13.8. The van der Waals surface area contributed by atoms with Crippen molar-refractivity contribution in [3.8, 4) is 0 Å². The number of nitrogens with zero attached hydrogens (tertiary/aromatic N) is 2. The van der Waals surface area contributed by atoms with E-state index in [1.165, 1.54) is 6.08 Å². The van der Waals surface area contributed by atoms with Crippen LogP contribution in [0.3, 0.4) is 0 Å². The Hall–Kier alpha value is -1.69. The second-order valence-corrected chi connectivity index (χ2v) is 5.72. The molecule has 0 radical (unpaired) electrons. The zero-order valence-corrected chi connectivity index (χ0v) is 11.5. The molecule has 2 heterocycles. The molecule has 0 aromatic carbocycles. The highest BCUT2D eigenvalue weighted by Gasteiger charge is 2.26. The first kappa shape index (κ1) is 13.7. The van der Waals surface area contributed by atoms with Crippen LogP contribution in [0, 0.1) is 12.8 Å². The number of carboxylic acid groups (broad SMARTS) is 1. The molecule has 0 saturated carbocycles. The van der Waals surface area contributed by atoms with Gasteiger partial charge >= 0.3 is 5.97 Å². The van der Waals surface area contributed by atoms with E-state index in [1.807, 2.05) is 12.3 Å². The summed E-state index contributed by atoms with van der Waals surface area (Å²) in [6, 6.07) is 0. The van der Waals surface area contributed by atoms with Gasteiger partial charge in [0.05, 0.1) is 10.7 Å². The van der Waals surface area contributed by atoms with Gasteiger partial charge in [0.25, 0.3) is 0 Å². The molecule has 1 amide bonds. The Labute approximate surface area is 115 Å². The van der Waals surface area contributed by atoms with E-state index in [9.17, 15) is 9.59 Å². The van der Waals surface area contributed by atoms with Gasteiger partial charge in [0.2, 0.25) is 5.91 Å². The Kier molecular flexibility index (Phi) is 4.31. The quantitative estimate of drug-likeness (QED) is 0.854. The summed E-state index contributed by atoms with van der Waals surface area (Å²) in [5.74, 6) is -0.789. The lowest BCUT2D eigenvalue weighted by Crippen LogP contribution is -2.27. The number of carbonyl (C=O) groups excluding carboxylic acids is 1. The standard InChI is InChI=1S/C13H16N2O3S/c1-9-14-11(8-19-9)2-3-12(16)15-5-4-10(7-15)6-13(17)18/h2-3,8,10H,4-7H2,1H3,(H,17,18). The third-order valence-electron chi connectivity index (χ3n) is 3.09. The fraction of sp³-hybridized carbons (Fsp3) is 0.462. The number of aromatic nitrogens is 1. The minimum absolute atomic E-state index is 0.0708. The van der Waals surface area contributed by atoms with Gasteiger partial charge in [-0.3, -0.25) is 9.59 Å². The van der Waals surface area contributed by atoms with E-state index >= 15 is 0 Å². The van der Waals surface area contributed by atoms with Crippen LogP contribution in [0.2, 0.25) is 0 Å². The Morgan fingerprint density at radius 1 is 1.63 bits per heavy atom. The van der Waals surface area contributed by atoms with Gasteiger partial charge in [-0.05, 0) is 25.3 Å². The number of hydrogen-bond donors (Lipinski definition) is 1. The third-order valence-corrected chi connectivity index (χ3v) is 3.89. The van der Waals surface area contributed by atoms with E-state index in [1.54, 1.807) is 22.3 Å². The van der Waals surface area contributed by atoms with Crippen LogP contribution in [0.15, 0.2) is 11.5 Å². The molecule has 0 bridgehead atoms. The first-order valence-electron chi connectivity index (χ1n) is 6.15. The molecule has 1 saturated heterocycles. The highest BCUT2D eigenvalue weighted by molar-refractivity contribution is 7.09. The predicted octanol–water partition coefficient (Wildman–Crippen LogP) is 1.79. The molecule has 1 aromatic rings. The van der Waals surface area contributed by atoms with Crippen molar-refractivity contribution < 1.29 is 14.7 Å². The van der Waals surface area contributed by atoms with Crippen LogP contribution in [-0.2, 0) is 9.59 Å². The van der Waals surface area contributed by atoms with Crippen molar-refractivity contribution in [1.29, 1.82) is 0 Å². The van der Waals surface area contributed by atoms with Crippen LogP contribution >= 0.6 is 11.3 Å². The maximum Gasteiger partial charge on any atom is 0.303 e. The smallest absolute Gasteiger partial charge is 0.303 e. The number of thiazole rings is 1. The Balaban J connectivity index is 1.87. The molecule has 1 fully saturated rings. The summed E-state index contributed by atoms with van der Waals surface area (Å²) < 4.78 is 0. The topological polar surface area (TPSA) is 70.5 Å². The Morgan fingerprint density at radius 2 is 2.42 bits per heavy atom. The number of rotatable bonds is 4. The molecular formula is C13H16N2O3S. The van der Waals surface area contributed by atoms with Crippen LogP contribution in [0.1, 0.15) is 23.5 Å². The molecule has 6 heteroatoms. The molecule has 2 rings (SSSR count). The van der Waals surface area contributed by atoms with Crippen LogP contribution < -0.4 is 0 Å². The monoisotopic (exact) mass is 280 g/mol. The average molecular weight is 280 g/mol. The highest BCUT2D eigenvalue weighted by Crippen LogP contribution is 2.20. The molecule has 102 valence electrons. The van der Waals surface area contributed by atoms with Gasteiger partial charge in [-0.15, -0.1) is 11.3 Å². The van der Waals surface area contributed by atoms with Gasteiger partial charge in [0.15, 0.2) is 0 Å². The van der Waals surface area contributed by atoms with Gasteiger partial charge in [-0.2, -0.15) is 0 Å². The minimum atomic E-state index is -0.798. The van der Waals surface area contributed by atoms with Crippen LogP contribution in [-0.4, -0.2) is 40.0 Å². The summed E-state index contributed by atoms with van der Waals surface area (Å²) in [5, 5.41) is 11.6. The summed E-state index contributed by atoms with van der Waals surface area (Å²) in [6.45, 7) is 3.09. The zero-order valence-electron chi connectivity index (χ0n) is 10.7. The number of aryl methyl sites for hydroxylation is 1. The molecular weight excluding hydrogens is 264 g/mol. The maximum atomic E-state index is 11.9. The largest absolute Gasteiger partial charge is 0.481 e. The summed E-state index contributed by atoms with van der Waals surface area (Å²) in [4.78, 5) is 28.5. The molecule has 1 N–H and O–H groups in total. The highest BCUT2D eigenvalue weighted by atomic mass is 32.1. The van der Waals surface area contributed by atoms with E-state index in [-0.39, 0.29) is 18.2 Å². The minimum Gasteiger partial charge on any atom is -0.481 e. The van der Waals surface area contributed by atoms with Crippen molar-refractivity contribution in [2.24, 2.45) is 5.92 Å². The molecule has 19 heavy (non-hydrogen) atoms. The molecule has 0 spiro atoms. The Bertz CT molecular complexity index is 510. The first-order valence-corrected chi connectivity index (χ1v) is 7.03. The SMILES string of the molecule is Cc1nc(C=CC(=O)N2CCC(CC(=O)O)C2)cs1. The van der Waals surface area contributed by atoms with Gasteiger partial charge in [0.1, 0.15) is 0 Å². The lowest BCUT2D eigenvalue weighted by Gasteiger charge is -2.13. The number of amides is 1. The molecule has 1 unspecified atom stereocenters. The van der Waals surface area contributed by atoms with E-state index < -0.39 is 5.97 Å². The van der Waals surface area contributed by atoms with Crippen molar-refractivity contribution >= 4 is 29.3 Å². The first-order chi connectivity index (χ1) is 9.04. The van der Waals surface area contributed by atoms with Crippen LogP contribution in [0.5, 0.6) is 0 Å². The average Bonchev–Trinajstić information content (AvgIpc) is 2.95. The van der Waals surface area contributed by atoms with Crippen molar-refractivity contribution in [2.45, 2.75) is 19.8 Å². The van der Waals surface area contributed by atoms with Gasteiger partial charge in [-0.1, -0.05) is 0 Å². The van der Waals surface area contributed by atoms with Crippen molar-refractivity contribution in [3.63, 3.8) is 0 Å². The van der Waals surface area contributed by atoms with E-state index in [2.05, 4.69) is 4.98 Å². The van der Waals surface area contributed by atoms with E-state index in [4.69, 9.17) is 5.11 Å². The van der Waals surface area contributed by atoms with Gasteiger partial charge < -0.3 is 10.0 Å². The number of likely N-dealkylation sites (tertiary alicyclic amines) is 1. The summed E-state index contributed by atoms with van der Waals surface area (Å²) >= 11 is 1.54. The summed E-state index contributed by atoms with van der Waals surface area (Å²) in [7, 11) is 0. The Morgan fingerprint density at radius 3 is 3.05 bits per heavy atom. The van der Waals surface area contributed by atoms with Gasteiger partial charge in [-0.25, -0.2) is 4.98 Å². The van der Waals surface area contributed by atoms with E-state index in [0.29, 0.717) is 13.1 Å². The number of aliphatic carboxylic acids is 1. The molecule has 1 aromatic heterocycles. The van der Waals surface area contributed by atoms with Gasteiger partial charge in [0, 0.05) is 31.0 Å². The molecule has 1 aliphatic heterocycles.